The zero-order valence-corrected chi connectivity index (χ0v) is 15.5. The molecular weight excluding hydrogens is 292 g/mol. The Labute approximate surface area is 141 Å². The predicted octanol–water partition coefficient (Wildman–Crippen LogP) is 1.53. The molecule has 2 amide bonds. The first kappa shape index (κ1) is 23.4. The van der Waals surface area contributed by atoms with Crippen molar-refractivity contribution < 1.29 is 9.59 Å². The number of nitrogens with one attached hydrogen (secondary N) is 1. The van der Waals surface area contributed by atoms with Crippen LogP contribution < -0.4 is 16.8 Å². The minimum absolute atomic E-state index is 0.320. The molecule has 0 saturated heterocycles. The number of carbonyl (C=O) groups is 2. The maximum Gasteiger partial charge on any atom is 0.246 e. The average molecular weight is 326 g/mol. The lowest BCUT2D eigenvalue weighted by atomic mass is 10.1. The zero-order chi connectivity index (χ0) is 18.4. The van der Waals surface area contributed by atoms with Gasteiger partial charge in [0.25, 0.3) is 0 Å². The van der Waals surface area contributed by atoms with Crippen LogP contribution in [0.15, 0.2) is 22.9 Å². The largest absolute Gasteiger partial charge is 0.391 e. The van der Waals surface area contributed by atoms with Gasteiger partial charge in [0, 0.05) is 23.9 Å². The van der Waals surface area contributed by atoms with Crippen LogP contribution in [0.3, 0.4) is 0 Å². The van der Waals surface area contributed by atoms with Gasteiger partial charge < -0.3 is 21.7 Å². The molecule has 0 aromatic carbocycles. The van der Waals surface area contributed by atoms with Crippen LogP contribution in [0, 0.1) is 0 Å². The van der Waals surface area contributed by atoms with Gasteiger partial charge in [0.2, 0.25) is 11.8 Å². The van der Waals surface area contributed by atoms with E-state index in [9.17, 15) is 9.59 Å². The van der Waals surface area contributed by atoms with Gasteiger partial charge in [-0.05, 0) is 53.8 Å². The summed E-state index contributed by atoms with van der Waals surface area (Å²) in [5, 5.41) is 2.96. The molecular formula is C17H34N4O2. The fraction of sp³-hybridized carbons (Fsp3) is 0.647. The summed E-state index contributed by atoms with van der Waals surface area (Å²) in [6, 6.07) is 0. The first-order valence-corrected chi connectivity index (χ1v) is 7.95. The predicted molar refractivity (Wildman–Crippen MR) is 96.6 cm³/mol. The van der Waals surface area contributed by atoms with E-state index in [1.54, 1.807) is 20.9 Å². The lowest BCUT2D eigenvalue weighted by Gasteiger charge is -2.07. The van der Waals surface area contributed by atoms with Crippen molar-refractivity contribution >= 4 is 11.8 Å². The molecule has 0 saturated carbocycles. The molecule has 0 spiro atoms. The Hall–Kier alpha value is -1.82. The standard InChI is InChI=1S/C9H18N2O.C8H16N2O/c1-8(9(10)12)6-4-5-7-11(2)3;1-4-5-7(10-3)6(2)8(9)11/h6H,4-5,7H2,1-3H3,(H2,10,12);10H,4-5H2,1-3H3,(H2,9,11). The first-order valence-electron chi connectivity index (χ1n) is 7.95. The second-order valence-electron chi connectivity index (χ2n) is 5.66. The van der Waals surface area contributed by atoms with Gasteiger partial charge in [-0.25, -0.2) is 0 Å². The highest BCUT2D eigenvalue weighted by atomic mass is 16.1. The Morgan fingerprint density at radius 2 is 1.70 bits per heavy atom. The summed E-state index contributed by atoms with van der Waals surface area (Å²) in [6.07, 6.45) is 5.78. The Morgan fingerprint density at radius 1 is 1.13 bits per heavy atom. The fourth-order valence-corrected chi connectivity index (χ4v) is 1.73. The van der Waals surface area contributed by atoms with Gasteiger partial charge in [-0.3, -0.25) is 9.59 Å². The quantitative estimate of drug-likeness (QED) is 0.442. The average Bonchev–Trinajstić information content (AvgIpc) is 2.48. The molecule has 0 atom stereocenters. The summed E-state index contributed by atoms with van der Waals surface area (Å²) in [5.74, 6) is -0.664. The van der Waals surface area contributed by atoms with Crippen molar-refractivity contribution in [2.75, 3.05) is 27.7 Å². The van der Waals surface area contributed by atoms with Crippen LogP contribution in [0.2, 0.25) is 0 Å². The van der Waals surface area contributed by atoms with Gasteiger partial charge in [-0.2, -0.15) is 0 Å². The molecule has 5 N–H and O–H groups in total. The molecule has 0 aliphatic heterocycles. The summed E-state index contributed by atoms with van der Waals surface area (Å²) < 4.78 is 0. The molecule has 0 aliphatic carbocycles. The van der Waals surface area contributed by atoms with Crippen molar-refractivity contribution in [3.05, 3.63) is 22.9 Å². The highest BCUT2D eigenvalue weighted by Crippen LogP contribution is 2.06. The topological polar surface area (TPSA) is 101 Å². The minimum atomic E-state index is -0.345. The molecule has 0 rings (SSSR count). The summed E-state index contributed by atoms with van der Waals surface area (Å²) in [5.41, 5.74) is 12.4. The van der Waals surface area contributed by atoms with Crippen LogP contribution in [-0.4, -0.2) is 44.4 Å². The number of rotatable bonds is 9. The number of hydrogen-bond donors (Lipinski definition) is 3. The molecule has 0 aromatic heterocycles. The highest BCUT2D eigenvalue weighted by Gasteiger charge is 2.03. The maximum absolute atomic E-state index is 10.7. The van der Waals surface area contributed by atoms with E-state index in [4.69, 9.17) is 11.5 Å². The molecule has 0 fully saturated rings. The van der Waals surface area contributed by atoms with Gasteiger partial charge in [-0.1, -0.05) is 19.4 Å². The summed E-state index contributed by atoms with van der Waals surface area (Å²) in [4.78, 5) is 23.4. The van der Waals surface area contributed by atoms with Gasteiger partial charge >= 0.3 is 0 Å². The fourth-order valence-electron chi connectivity index (χ4n) is 1.73. The van der Waals surface area contributed by atoms with Crippen LogP contribution in [0.1, 0.15) is 46.5 Å². The van der Waals surface area contributed by atoms with Gasteiger partial charge in [0.05, 0.1) is 0 Å². The highest BCUT2D eigenvalue weighted by molar-refractivity contribution is 5.92. The van der Waals surface area contributed by atoms with E-state index in [1.165, 1.54) is 0 Å². The van der Waals surface area contributed by atoms with E-state index in [2.05, 4.69) is 17.1 Å². The normalized spacial score (nSPS) is 12.2. The van der Waals surface area contributed by atoms with Crippen LogP contribution in [0.5, 0.6) is 0 Å². The smallest absolute Gasteiger partial charge is 0.246 e. The molecule has 6 nitrogen and oxygen atoms in total. The van der Waals surface area contributed by atoms with Gasteiger partial charge in [0.15, 0.2) is 0 Å². The lowest BCUT2D eigenvalue weighted by molar-refractivity contribution is -0.115. The van der Waals surface area contributed by atoms with E-state index in [-0.39, 0.29) is 11.8 Å². The van der Waals surface area contributed by atoms with Crippen LogP contribution in [0.4, 0.5) is 0 Å². The lowest BCUT2D eigenvalue weighted by Crippen LogP contribution is -2.18. The third-order valence-corrected chi connectivity index (χ3v) is 3.27. The van der Waals surface area contributed by atoms with Crippen molar-refractivity contribution in [1.29, 1.82) is 0 Å². The Bertz CT molecular complexity index is 426. The molecule has 0 aliphatic rings. The van der Waals surface area contributed by atoms with Crippen molar-refractivity contribution in [2.24, 2.45) is 11.5 Å². The van der Waals surface area contributed by atoms with E-state index >= 15 is 0 Å². The van der Waals surface area contributed by atoms with Crippen molar-refractivity contribution in [2.45, 2.75) is 46.5 Å². The summed E-state index contributed by atoms with van der Waals surface area (Å²) >= 11 is 0. The van der Waals surface area contributed by atoms with E-state index in [1.807, 2.05) is 20.2 Å². The van der Waals surface area contributed by atoms with E-state index in [0.717, 1.165) is 37.9 Å². The Balaban J connectivity index is 0. The Morgan fingerprint density at radius 3 is 2.04 bits per heavy atom. The SMILES string of the molecule is CC(=CCCCN(C)C)C(N)=O.CCCC(NC)=C(C)C(N)=O. The van der Waals surface area contributed by atoms with Crippen molar-refractivity contribution in [1.82, 2.24) is 10.2 Å². The number of carbonyl (C=O) groups excluding carboxylic acids is 2. The second kappa shape index (κ2) is 13.8. The number of primary amides is 2. The Kier molecular flexibility index (Phi) is 14.1. The van der Waals surface area contributed by atoms with E-state index in [0.29, 0.717) is 11.1 Å². The summed E-state index contributed by atoms with van der Waals surface area (Å²) in [6.45, 7) is 6.59. The molecule has 6 heteroatoms. The third kappa shape index (κ3) is 13.6. The monoisotopic (exact) mass is 326 g/mol. The molecule has 0 aromatic rings. The number of nitrogens with two attached hydrogens (primary N) is 2. The molecule has 134 valence electrons. The molecule has 23 heavy (non-hydrogen) atoms. The molecule has 0 heterocycles. The summed E-state index contributed by atoms with van der Waals surface area (Å²) in [7, 11) is 5.87. The number of allylic oxidation sites excluding steroid dienone is 2. The molecule has 0 radical (unpaired) electrons. The number of unbranched alkanes of at least 4 members (excludes halogenated alkanes) is 1. The van der Waals surface area contributed by atoms with Crippen LogP contribution in [0.25, 0.3) is 0 Å². The van der Waals surface area contributed by atoms with Crippen molar-refractivity contribution in [3.8, 4) is 0 Å². The maximum atomic E-state index is 10.7. The number of hydrogen-bond acceptors (Lipinski definition) is 4. The second-order valence-corrected chi connectivity index (χ2v) is 5.66. The van der Waals surface area contributed by atoms with E-state index < -0.39 is 0 Å². The molecule has 0 bridgehead atoms. The molecule has 0 unspecified atom stereocenters. The van der Waals surface area contributed by atoms with Crippen molar-refractivity contribution in [3.63, 3.8) is 0 Å². The number of nitrogens with zero attached hydrogens (tertiary/aromatic N) is 1. The number of amides is 2. The zero-order valence-electron chi connectivity index (χ0n) is 15.5. The van der Waals surface area contributed by atoms with Gasteiger partial charge in [0.1, 0.15) is 0 Å². The van der Waals surface area contributed by atoms with Crippen LogP contribution >= 0.6 is 0 Å². The minimum Gasteiger partial charge on any atom is -0.391 e. The van der Waals surface area contributed by atoms with Crippen LogP contribution in [-0.2, 0) is 9.59 Å². The van der Waals surface area contributed by atoms with Gasteiger partial charge in [-0.15, -0.1) is 0 Å². The third-order valence-electron chi connectivity index (χ3n) is 3.27. The first-order chi connectivity index (χ1) is 10.7.